The van der Waals surface area contributed by atoms with Gasteiger partial charge in [-0.25, -0.2) is 0 Å². The molecule has 0 aromatic rings. The summed E-state index contributed by atoms with van der Waals surface area (Å²) in [4.78, 5) is 134. The Hall–Kier alpha value is -5.64. The second-order valence-electron chi connectivity index (χ2n) is 19.4. The minimum Gasteiger partial charge on any atom is -0.481 e. The average Bonchev–Trinajstić information content (AvgIpc) is 3.21. The number of carbonyl (C=O) groups excluding carboxylic acids is 9. The van der Waals surface area contributed by atoms with Gasteiger partial charge in [0.2, 0.25) is 53.2 Å². The molecule has 1 aliphatic heterocycles. The van der Waals surface area contributed by atoms with E-state index in [1.54, 1.807) is 54.5 Å². The largest absolute Gasteiger partial charge is 0.481 e. The smallest absolute Gasteiger partial charge is 0.305 e. The van der Waals surface area contributed by atoms with Crippen LogP contribution in [0.2, 0.25) is 0 Å². The Morgan fingerprint density at radius 1 is 0.851 bits per heavy atom. The van der Waals surface area contributed by atoms with Crippen LogP contribution in [0.3, 0.4) is 0 Å². The molecule has 67 heavy (non-hydrogen) atoms. The van der Waals surface area contributed by atoms with Gasteiger partial charge in [0.25, 0.3) is 0 Å². The summed E-state index contributed by atoms with van der Waals surface area (Å²) in [5.74, 6) is -9.82. The number of hydrogen-bond donors (Lipinski definition) is 12. The molecule has 1 heterocycles. The lowest BCUT2D eigenvalue weighted by Crippen LogP contribution is -2.65. The number of aliphatic carboxylic acids is 1. The molecule has 1 aliphatic rings. The summed E-state index contributed by atoms with van der Waals surface area (Å²) < 4.78 is 0. The summed E-state index contributed by atoms with van der Waals surface area (Å²) in [5, 5.41) is 40.6. The number of rotatable bonds is 16. The van der Waals surface area contributed by atoms with Crippen LogP contribution in [-0.4, -0.2) is 128 Å². The van der Waals surface area contributed by atoms with E-state index in [0.29, 0.717) is 25.7 Å². The number of aliphatic hydroxyl groups excluding tert-OH is 1. The molecule has 0 saturated heterocycles. The maximum atomic E-state index is 14.2. The van der Waals surface area contributed by atoms with E-state index in [-0.39, 0.29) is 38.0 Å². The molecule has 22 nitrogen and oxygen atoms in total. The zero-order valence-electron chi connectivity index (χ0n) is 41.1. The fourth-order valence-corrected chi connectivity index (χ4v) is 6.94. The Morgan fingerprint density at radius 2 is 1.43 bits per heavy atom. The number of amides is 9. The van der Waals surface area contributed by atoms with Gasteiger partial charge >= 0.3 is 5.97 Å². The molecule has 0 radical (unpaired) electrons. The molecule has 0 unspecified atom stereocenters. The van der Waals surface area contributed by atoms with Crippen LogP contribution in [0.1, 0.15) is 140 Å². The van der Waals surface area contributed by atoms with Crippen LogP contribution in [0.5, 0.6) is 0 Å². The number of primary amides is 1. The van der Waals surface area contributed by atoms with Crippen LogP contribution in [0.15, 0.2) is 12.2 Å². The summed E-state index contributed by atoms with van der Waals surface area (Å²) >= 11 is 0. The number of nitrogens with two attached hydrogens (primary N) is 2. The van der Waals surface area contributed by atoms with Crippen LogP contribution < -0.4 is 54.0 Å². The van der Waals surface area contributed by atoms with Gasteiger partial charge in [-0.2, -0.15) is 0 Å². The predicted molar refractivity (Wildman–Crippen MR) is 248 cm³/mol. The van der Waals surface area contributed by atoms with Crippen LogP contribution in [0.25, 0.3) is 0 Å². The highest BCUT2D eigenvalue weighted by molar-refractivity contribution is 6.00. The third-order valence-electron chi connectivity index (χ3n) is 11.5. The summed E-state index contributed by atoms with van der Waals surface area (Å²) in [6, 6.07) is -8.32. The van der Waals surface area contributed by atoms with E-state index in [9.17, 15) is 58.2 Å². The lowest BCUT2D eigenvalue weighted by atomic mass is 9.90. The molecule has 380 valence electrons. The van der Waals surface area contributed by atoms with E-state index in [0.717, 1.165) is 0 Å². The second kappa shape index (κ2) is 26.6. The van der Waals surface area contributed by atoms with Crippen molar-refractivity contribution in [1.29, 1.82) is 0 Å². The van der Waals surface area contributed by atoms with Gasteiger partial charge in [0.15, 0.2) is 0 Å². The first-order chi connectivity index (χ1) is 30.9. The van der Waals surface area contributed by atoms with E-state index in [2.05, 4.69) is 42.5 Å². The fraction of sp³-hybridized carbons (Fsp3) is 0.733. The third kappa shape index (κ3) is 20.0. The molecule has 10 atom stereocenters. The molecule has 0 aromatic carbocycles. The zero-order chi connectivity index (χ0) is 51.6. The number of hydrogen-bond acceptors (Lipinski definition) is 12. The van der Waals surface area contributed by atoms with Crippen molar-refractivity contribution in [2.24, 2.45) is 23.3 Å². The van der Waals surface area contributed by atoms with Gasteiger partial charge in [0.05, 0.1) is 12.5 Å². The summed E-state index contributed by atoms with van der Waals surface area (Å²) in [5.41, 5.74) is 6.99. The number of carboxylic acid groups (broad SMARTS) is 1. The molecule has 22 heteroatoms. The second-order valence-corrected chi connectivity index (χ2v) is 19.4. The topological polar surface area (TPSA) is 359 Å². The van der Waals surface area contributed by atoms with Gasteiger partial charge in [0.1, 0.15) is 47.3 Å². The first-order valence-electron chi connectivity index (χ1n) is 23.0. The molecule has 0 spiro atoms. The van der Waals surface area contributed by atoms with Gasteiger partial charge in [-0.15, -0.1) is 0 Å². The van der Waals surface area contributed by atoms with Crippen molar-refractivity contribution in [1.82, 2.24) is 42.5 Å². The van der Waals surface area contributed by atoms with Crippen molar-refractivity contribution >= 4 is 59.1 Å². The maximum Gasteiger partial charge on any atom is 0.305 e. The fourth-order valence-electron chi connectivity index (χ4n) is 6.94. The number of allylic oxidation sites excluding steroid dienone is 2. The molecule has 9 amide bonds. The van der Waals surface area contributed by atoms with E-state index in [1.807, 2.05) is 6.08 Å². The number of aliphatic hydroxyl groups is 1. The molecule has 0 aromatic heterocycles. The van der Waals surface area contributed by atoms with Crippen LogP contribution in [0.4, 0.5) is 0 Å². The van der Waals surface area contributed by atoms with Crippen molar-refractivity contribution in [3.63, 3.8) is 0 Å². The summed E-state index contributed by atoms with van der Waals surface area (Å²) in [6.45, 7) is 17.6. The lowest BCUT2D eigenvalue weighted by molar-refractivity contribution is -0.143. The van der Waals surface area contributed by atoms with Gasteiger partial charge < -0.3 is 64.2 Å². The highest BCUT2D eigenvalue weighted by Crippen LogP contribution is 2.20. The Morgan fingerprint density at radius 3 is 1.94 bits per heavy atom. The normalized spacial score (nSPS) is 25.7. The van der Waals surface area contributed by atoms with Crippen LogP contribution in [0, 0.1) is 11.8 Å². The number of nitrogens with one attached hydrogen (secondary N) is 8. The highest BCUT2D eigenvalue weighted by atomic mass is 16.4. The van der Waals surface area contributed by atoms with Gasteiger partial charge in [-0.1, -0.05) is 46.3 Å². The molecule has 0 fully saturated rings. The Balaban J connectivity index is 3.78. The minimum atomic E-state index is -1.75. The maximum absolute atomic E-state index is 14.2. The first-order valence-corrected chi connectivity index (χ1v) is 23.0. The Labute approximate surface area is 393 Å². The van der Waals surface area contributed by atoms with Crippen molar-refractivity contribution < 1.29 is 58.2 Å². The van der Waals surface area contributed by atoms with E-state index >= 15 is 0 Å². The average molecular weight is 951 g/mol. The van der Waals surface area contributed by atoms with Gasteiger partial charge in [0, 0.05) is 12.0 Å². The lowest BCUT2D eigenvalue weighted by Gasteiger charge is -2.35. The van der Waals surface area contributed by atoms with E-state index in [4.69, 9.17) is 11.5 Å². The Kier molecular flexibility index (Phi) is 23.6. The monoisotopic (exact) mass is 951 g/mol. The molecule has 0 aliphatic carbocycles. The van der Waals surface area contributed by atoms with Crippen molar-refractivity contribution in [3.8, 4) is 0 Å². The van der Waals surface area contributed by atoms with E-state index in [1.165, 1.54) is 27.7 Å². The molecule has 1 rings (SSSR count). The van der Waals surface area contributed by atoms with Crippen molar-refractivity contribution in [3.05, 3.63) is 12.2 Å². The number of carboxylic acids is 1. The van der Waals surface area contributed by atoms with Crippen LogP contribution in [-0.2, 0) is 47.9 Å². The van der Waals surface area contributed by atoms with E-state index < -0.39 is 130 Å². The molecular weight excluding hydrogens is 873 g/mol. The van der Waals surface area contributed by atoms with Gasteiger partial charge in [-0.3, -0.25) is 47.9 Å². The molecular formula is C45H78N10O12. The SMILES string of the molecule is CC[C@H](C)[C@@H]1NC(=O)[C@H](C)NC(=O)[C@@](C)(NC(=O)[C@H](CCC(N)=O)NC(=O)[C@H](N)[C@@H](C)O)CCC/C=C/CCC[C@@](C)(C(=O)N[C@H](C(=O)NC(C)(C)C)C(C)C)NC(=O)[C@H](CC(=O)O)NC1=O. The third-order valence-corrected chi connectivity index (χ3v) is 11.5. The number of carbonyl (C=O) groups is 10. The summed E-state index contributed by atoms with van der Waals surface area (Å²) in [7, 11) is 0. The van der Waals surface area contributed by atoms with Gasteiger partial charge in [-0.05, 0) is 105 Å². The zero-order valence-corrected chi connectivity index (χ0v) is 41.1. The van der Waals surface area contributed by atoms with Crippen molar-refractivity contribution in [2.75, 3.05) is 0 Å². The molecule has 0 bridgehead atoms. The quantitative estimate of drug-likeness (QED) is 0.0841. The Bertz CT molecular complexity index is 1820. The highest BCUT2D eigenvalue weighted by Gasteiger charge is 2.42. The standard InChI is InChI=1S/C45H78N10O12/c1-12-25(4)34-39(64)50-29(23-31(58)59)37(62)55-45(11,42(67)52-33(24(2)3)40(65)53-43(7,8)9)22-18-16-14-13-15-17-21-44(10,41(66)48-26(5)35(60)51-34)54-36(61)28(19-20-30(46)57)49-38(63)32(47)27(6)56/h13-14,24-29,32-34,56H,12,15-23,47H2,1-11H3,(H2,46,57)(H,48,66)(H,49,63)(H,50,64)(H,51,60)(H,52,67)(H,53,65)(H,54,61)(H,55,62)(H,58,59)/b14-13+/t25-,26-,27+,28-,29-,32+,33-,34-,44-,45-/m0/s1. The van der Waals surface area contributed by atoms with Crippen molar-refractivity contribution in [2.45, 2.75) is 199 Å². The minimum absolute atomic E-state index is 0.00233. The molecule has 0 saturated carbocycles. The summed E-state index contributed by atoms with van der Waals surface area (Å²) in [6.07, 6.45) is 2.43. The first kappa shape index (κ1) is 59.4. The van der Waals surface area contributed by atoms with Crippen LogP contribution >= 0.6 is 0 Å². The predicted octanol–water partition coefficient (Wildman–Crippen LogP) is -0.844. The molecule has 14 N–H and O–H groups in total.